The molecule has 2 aliphatic heterocycles. The Morgan fingerprint density at radius 3 is 2.86 bits per heavy atom. The van der Waals surface area contributed by atoms with Gasteiger partial charge in [0.15, 0.2) is 6.61 Å². The number of phenols is 2. The zero-order valence-electron chi connectivity index (χ0n) is 15.9. The largest absolute Gasteiger partial charge is 0.508 e. The highest BCUT2D eigenvalue weighted by Gasteiger charge is 2.25. The number of amides is 1. The molecule has 2 heterocycles. The van der Waals surface area contributed by atoms with Gasteiger partial charge in [-0.3, -0.25) is 10.2 Å². The van der Waals surface area contributed by atoms with Crippen LogP contribution in [-0.4, -0.2) is 33.4 Å². The molecule has 2 aliphatic rings. The van der Waals surface area contributed by atoms with E-state index in [0.29, 0.717) is 47.0 Å². The van der Waals surface area contributed by atoms with Crippen LogP contribution in [0.25, 0.3) is 0 Å². The Bertz CT molecular complexity index is 1030. The number of aromatic hydroxyl groups is 2. The first-order valence-electron chi connectivity index (χ1n) is 9.44. The smallest absolute Gasteiger partial charge is 0.262 e. The van der Waals surface area contributed by atoms with E-state index in [-0.39, 0.29) is 29.9 Å². The second-order valence-electron chi connectivity index (χ2n) is 7.07. The third kappa shape index (κ3) is 3.75. The van der Waals surface area contributed by atoms with Gasteiger partial charge in [0.25, 0.3) is 5.91 Å². The number of thiocarbonyl (C=S) groups is 1. The van der Waals surface area contributed by atoms with Gasteiger partial charge in [0, 0.05) is 17.5 Å². The molecule has 0 fully saturated rings. The van der Waals surface area contributed by atoms with Crippen molar-refractivity contribution in [1.82, 2.24) is 5.43 Å². The second kappa shape index (κ2) is 7.71. The number of carbonyl (C=O) groups excluding carboxylic acids is 1. The number of anilines is 1. The topological polar surface area (TPSA) is 103 Å². The van der Waals surface area contributed by atoms with Crippen molar-refractivity contribution >= 4 is 34.5 Å². The monoisotopic (exact) mass is 411 g/mol. The maximum Gasteiger partial charge on any atom is 0.262 e. The van der Waals surface area contributed by atoms with E-state index in [4.69, 9.17) is 17.0 Å². The number of carbonyl (C=O) groups is 1. The van der Waals surface area contributed by atoms with Gasteiger partial charge in [-0.05, 0) is 48.6 Å². The number of phenolic OH excluding ortho intramolecular Hbond substituents is 2. The summed E-state index contributed by atoms with van der Waals surface area (Å²) < 4.78 is 5.42. The lowest BCUT2D eigenvalue weighted by molar-refractivity contribution is -0.118. The minimum absolute atomic E-state index is 0.0155. The number of hydrogen-bond donors (Lipinski definition) is 4. The number of rotatable bonds is 3. The van der Waals surface area contributed by atoms with Crippen molar-refractivity contribution in [2.75, 3.05) is 11.9 Å². The second-order valence-corrected chi connectivity index (χ2v) is 7.51. The zero-order valence-corrected chi connectivity index (χ0v) is 16.7. The van der Waals surface area contributed by atoms with Crippen molar-refractivity contribution in [1.29, 1.82) is 0 Å². The SMILES string of the molecule is CCc1cc(C2=NNC(=S)[C@H](c3ccc4c(c3)NC(=O)CO4)CC2)c(O)cc1O. The molecule has 0 radical (unpaired) electrons. The van der Waals surface area contributed by atoms with E-state index in [9.17, 15) is 15.0 Å². The van der Waals surface area contributed by atoms with E-state index in [1.54, 1.807) is 6.07 Å². The molecule has 0 bridgehead atoms. The number of fused-ring (bicyclic) bond motifs is 1. The lowest BCUT2D eigenvalue weighted by atomic mass is 9.91. The van der Waals surface area contributed by atoms with Gasteiger partial charge in [-0.25, -0.2) is 0 Å². The number of nitrogens with one attached hydrogen (secondary N) is 2. The molecule has 1 amide bonds. The summed E-state index contributed by atoms with van der Waals surface area (Å²) in [6, 6.07) is 8.76. The van der Waals surface area contributed by atoms with E-state index in [1.165, 1.54) is 6.07 Å². The lowest BCUT2D eigenvalue weighted by Crippen LogP contribution is -2.26. The summed E-state index contributed by atoms with van der Waals surface area (Å²) in [4.78, 5) is 12.2. The standard InChI is InChI=1S/C21H21N3O4S/c1-2-11-7-14(18(26)9-17(11)25)15-5-4-13(21(29)24-23-15)12-3-6-19-16(8-12)22-20(27)10-28-19/h3,6-9,13,25-26H,2,4-5,10H2,1H3,(H,22,27)(H,24,29)/t13-/m0/s1. The van der Waals surface area contributed by atoms with Crippen LogP contribution in [0.2, 0.25) is 0 Å². The summed E-state index contributed by atoms with van der Waals surface area (Å²) in [7, 11) is 0. The number of hydrogen-bond acceptors (Lipinski definition) is 6. The summed E-state index contributed by atoms with van der Waals surface area (Å²) in [6.45, 7) is 1.95. The number of aryl methyl sites for hydroxylation is 1. The van der Waals surface area contributed by atoms with Crippen LogP contribution in [0.5, 0.6) is 17.2 Å². The first-order chi connectivity index (χ1) is 14.0. The highest BCUT2D eigenvalue weighted by Crippen LogP contribution is 2.35. The maximum atomic E-state index is 11.6. The van der Waals surface area contributed by atoms with Crippen LogP contribution in [0.4, 0.5) is 5.69 Å². The van der Waals surface area contributed by atoms with Gasteiger partial charge in [-0.2, -0.15) is 5.10 Å². The molecular weight excluding hydrogens is 390 g/mol. The minimum Gasteiger partial charge on any atom is -0.508 e. The van der Waals surface area contributed by atoms with Crippen LogP contribution in [-0.2, 0) is 11.2 Å². The average molecular weight is 411 g/mol. The number of hydrazone groups is 1. The molecule has 0 saturated heterocycles. The quantitative estimate of drug-likeness (QED) is 0.579. The fraction of sp³-hybridized carbons (Fsp3) is 0.286. The van der Waals surface area contributed by atoms with Crippen molar-refractivity contribution in [2.24, 2.45) is 5.10 Å². The fourth-order valence-electron chi connectivity index (χ4n) is 3.64. The summed E-state index contributed by atoms with van der Waals surface area (Å²) >= 11 is 5.54. The Kier molecular flexibility index (Phi) is 5.10. The van der Waals surface area contributed by atoms with E-state index in [0.717, 1.165) is 11.1 Å². The van der Waals surface area contributed by atoms with Crippen molar-refractivity contribution in [3.8, 4) is 17.2 Å². The molecule has 29 heavy (non-hydrogen) atoms. The van der Waals surface area contributed by atoms with Crippen LogP contribution in [0.1, 0.15) is 42.4 Å². The summed E-state index contributed by atoms with van der Waals surface area (Å²) in [5.74, 6) is 0.413. The van der Waals surface area contributed by atoms with E-state index in [1.807, 2.05) is 25.1 Å². The van der Waals surface area contributed by atoms with Crippen LogP contribution in [0, 0.1) is 0 Å². The minimum atomic E-state index is -0.184. The van der Waals surface area contributed by atoms with E-state index in [2.05, 4.69) is 15.8 Å². The van der Waals surface area contributed by atoms with Crippen LogP contribution in [0.3, 0.4) is 0 Å². The molecular formula is C21H21N3O4S. The number of ether oxygens (including phenoxy) is 1. The van der Waals surface area contributed by atoms with Gasteiger partial charge in [0.1, 0.15) is 22.2 Å². The normalized spacial score (nSPS) is 18.7. The summed E-state index contributed by atoms with van der Waals surface area (Å²) in [5.41, 5.74) is 6.53. The first kappa shape index (κ1) is 19.2. The first-order valence-corrected chi connectivity index (χ1v) is 9.85. The molecule has 7 nitrogen and oxygen atoms in total. The highest BCUT2D eigenvalue weighted by atomic mass is 32.1. The Hall–Kier alpha value is -3.13. The molecule has 2 aromatic rings. The van der Waals surface area contributed by atoms with Gasteiger partial charge in [0.05, 0.1) is 11.4 Å². The Morgan fingerprint density at radius 2 is 2.07 bits per heavy atom. The molecule has 150 valence electrons. The molecule has 0 aliphatic carbocycles. The van der Waals surface area contributed by atoms with Gasteiger partial charge in [0.2, 0.25) is 0 Å². The zero-order chi connectivity index (χ0) is 20.5. The van der Waals surface area contributed by atoms with Gasteiger partial charge in [-0.1, -0.05) is 25.2 Å². The van der Waals surface area contributed by atoms with Crippen molar-refractivity contribution in [3.05, 3.63) is 47.0 Å². The van der Waals surface area contributed by atoms with Crippen molar-refractivity contribution < 1.29 is 19.7 Å². The third-order valence-electron chi connectivity index (χ3n) is 5.21. The Labute approximate surface area is 173 Å². The van der Waals surface area contributed by atoms with Crippen molar-refractivity contribution in [3.63, 3.8) is 0 Å². The average Bonchev–Trinajstić information content (AvgIpc) is 2.89. The highest BCUT2D eigenvalue weighted by molar-refractivity contribution is 7.80. The molecule has 4 rings (SSSR count). The van der Waals surface area contributed by atoms with E-state index < -0.39 is 0 Å². The number of nitrogens with zero attached hydrogens (tertiary/aromatic N) is 1. The molecule has 0 aromatic heterocycles. The Balaban J connectivity index is 1.59. The summed E-state index contributed by atoms with van der Waals surface area (Å²) in [5, 5.41) is 27.5. The van der Waals surface area contributed by atoms with Crippen molar-refractivity contribution in [2.45, 2.75) is 32.1 Å². The summed E-state index contributed by atoms with van der Waals surface area (Å²) in [6.07, 6.45) is 1.91. The van der Waals surface area contributed by atoms with E-state index >= 15 is 0 Å². The van der Waals surface area contributed by atoms with Crippen LogP contribution >= 0.6 is 12.2 Å². The van der Waals surface area contributed by atoms with Crippen LogP contribution < -0.4 is 15.5 Å². The molecule has 8 heteroatoms. The molecule has 0 saturated carbocycles. The fourth-order valence-corrected chi connectivity index (χ4v) is 3.93. The molecule has 0 spiro atoms. The predicted octanol–water partition coefficient (Wildman–Crippen LogP) is 3.19. The van der Waals surface area contributed by atoms with Gasteiger partial charge >= 0.3 is 0 Å². The van der Waals surface area contributed by atoms with Crippen LogP contribution in [0.15, 0.2) is 35.4 Å². The van der Waals surface area contributed by atoms with Gasteiger partial charge in [-0.15, -0.1) is 0 Å². The maximum absolute atomic E-state index is 11.6. The Morgan fingerprint density at radius 1 is 1.24 bits per heavy atom. The molecule has 1 atom stereocenters. The number of benzene rings is 2. The van der Waals surface area contributed by atoms with Gasteiger partial charge < -0.3 is 20.3 Å². The molecule has 4 N–H and O–H groups in total. The molecule has 0 unspecified atom stereocenters. The predicted molar refractivity (Wildman–Crippen MR) is 114 cm³/mol. The molecule has 2 aromatic carbocycles. The third-order valence-corrected chi connectivity index (χ3v) is 5.59. The lowest BCUT2D eigenvalue weighted by Gasteiger charge is -2.21.